The monoisotopic (exact) mass is 338 g/mol. The molecule has 0 amide bonds. The molecule has 0 spiro atoms. The topological polar surface area (TPSA) is 38.0 Å². The summed E-state index contributed by atoms with van der Waals surface area (Å²) in [4.78, 5) is 0. The van der Waals surface area contributed by atoms with Gasteiger partial charge in [-0.2, -0.15) is 0 Å². The van der Waals surface area contributed by atoms with Crippen molar-refractivity contribution in [3.8, 4) is 0 Å². The van der Waals surface area contributed by atoms with Gasteiger partial charge in [-0.1, -0.05) is 17.7 Å². The molecule has 4 aliphatic carbocycles. The van der Waals surface area contributed by atoms with Gasteiger partial charge in [0.15, 0.2) is 0 Å². The average Bonchev–Trinajstić information content (AvgIpc) is 2.97. The second-order valence-corrected chi connectivity index (χ2v) is 8.55. The average molecular weight is 339 g/mol. The highest BCUT2D eigenvalue weighted by Crippen LogP contribution is 2.66. The Morgan fingerprint density at radius 3 is 2.33 bits per heavy atom. The van der Waals surface area contributed by atoms with E-state index in [0.717, 1.165) is 39.8 Å². The maximum atomic E-state index is 6.64. The second kappa shape index (κ2) is 5.16. The van der Waals surface area contributed by atoms with Crippen LogP contribution in [-0.2, 0) is 5.41 Å². The predicted octanol–water partition coefficient (Wildman–Crippen LogP) is 5.74. The number of nitrogens with one attached hydrogen (secondary N) is 1. The highest BCUT2D eigenvalue weighted by molar-refractivity contribution is 6.33. The Kier molecular flexibility index (Phi) is 3.15. The van der Waals surface area contributed by atoms with Crippen LogP contribution in [0.3, 0.4) is 0 Å². The Morgan fingerprint density at radius 2 is 1.67 bits per heavy atom. The predicted molar refractivity (Wildman–Crippen MR) is 101 cm³/mol. The molecule has 2 aromatic rings. The van der Waals surface area contributed by atoms with Crippen molar-refractivity contribution >= 4 is 28.7 Å². The van der Waals surface area contributed by atoms with Gasteiger partial charge in [0.05, 0.1) is 10.7 Å². The van der Waals surface area contributed by atoms with Crippen LogP contribution < -0.4 is 11.1 Å². The molecule has 4 bridgehead atoms. The number of nitrogens with two attached hydrogens (primary N) is 1. The Hall–Kier alpha value is -1.67. The van der Waals surface area contributed by atoms with E-state index in [9.17, 15) is 0 Å². The molecule has 0 aliphatic heterocycles. The number of hydrogen-bond donors (Lipinski definition) is 2. The first-order chi connectivity index (χ1) is 11.6. The molecule has 4 saturated carbocycles. The zero-order valence-electron chi connectivity index (χ0n) is 13.8. The van der Waals surface area contributed by atoms with Gasteiger partial charge in [-0.25, -0.2) is 0 Å². The number of benzene rings is 2. The fourth-order valence-corrected chi connectivity index (χ4v) is 6.14. The van der Waals surface area contributed by atoms with Gasteiger partial charge in [0.1, 0.15) is 0 Å². The highest BCUT2D eigenvalue weighted by Gasteiger charge is 2.58. The summed E-state index contributed by atoms with van der Waals surface area (Å²) in [6.07, 6.45) is 7.13. The van der Waals surface area contributed by atoms with E-state index in [1.54, 1.807) is 0 Å². The summed E-state index contributed by atoms with van der Waals surface area (Å²) in [6.45, 7) is 0. The van der Waals surface area contributed by atoms with Crippen LogP contribution >= 0.6 is 11.6 Å². The molecule has 3 N–H and O–H groups in total. The standard InChI is InChI=1S/C21H23ClN2/c22-19-10-15(21-11-13-7-14(12-21)9-16(21)8-13)1-6-20(19)24-18-4-2-17(23)3-5-18/h1-6,10,13-14,16,24H,7-9,11-12,23H2. The number of anilines is 3. The summed E-state index contributed by atoms with van der Waals surface area (Å²) < 4.78 is 0. The van der Waals surface area contributed by atoms with E-state index < -0.39 is 0 Å². The molecule has 0 heterocycles. The smallest absolute Gasteiger partial charge is 0.0643 e. The Bertz CT molecular complexity index is 769. The molecular weight excluding hydrogens is 316 g/mol. The SMILES string of the molecule is Nc1ccc(Nc2ccc(C34CC5CC(CC3C5)C4)cc2Cl)cc1. The van der Waals surface area contributed by atoms with Gasteiger partial charge in [0.2, 0.25) is 0 Å². The summed E-state index contributed by atoms with van der Waals surface area (Å²) in [5.41, 5.74) is 10.4. The zero-order valence-corrected chi connectivity index (χ0v) is 14.5. The van der Waals surface area contributed by atoms with Crippen molar-refractivity contribution in [1.82, 2.24) is 0 Å². The first kappa shape index (κ1) is 14.7. The van der Waals surface area contributed by atoms with Gasteiger partial charge >= 0.3 is 0 Å². The van der Waals surface area contributed by atoms with Crippen molar-refractivity contribution in [3.05, 3.63) is 53.1 Å². The zero-order chi connectivity index (χ0) is 16.3. The van der Waals surface area contributed by atoms with Crippen LogP contribution in [0.4, 0.5) is 17.1 Å². The summed E-state index contributed by atoms with van der Waals surface area (Å²) in [7, 11) is 0. The minimum atomic E-state index is 0.428. The van der Waals surface area contributed by atoms with Crippen LogP contribution in [0.1, 0.15) is 37.7 Å². The first-order valence-corrected chi connectivity index (χ1v) is 9.43. The maximum absolute atomic E-state index is 6.64. The van der Waals surface area contributed by atoms with Crippen molar-refractivity contribution in [3.63, 3.8) is 0 Å². The molecule has 2 nitrogen and oxygen atoms in total. The van der Waals surface area contributed by atoms with E-state index in [-0.39, 0.29) is 0 Å². The number of rotatable bonds is 3. The summed E-state index contributed by atoms with van der Waals surface area (Å²) in [6, 6.07) is 14.5. The highest BCUT2D eigenvalue weighted by atomic mass is 35.5. The maximum Gasteiger partial charge on any atom is 0.0643 e. The lowest BCUT2D eigenvalue weighted by Crippen LogP contribution is -2.27. The van der Waals surface area contributed by atoms with E-state index >= 15 is 0 Å². The van der Waals surface area contributed by atoms with Crippen LogP contribution in [0.15, 0.2) is 42.5 Å². The Labute approximate surface area is 148 Å². The summed E-state index contributed by atoms with van der Waals surface area (Å²) in [5, 5.41) is 4.23. The molecule has 6 rings (SSSR count). The molecule has 2 unspecified atom stereocenters. The molecule has 0 saturated heterocycles. The van der Waals surface area contributed by atoms with E-state index in [2.05, 4.69) is 23.5 Å². The largest absolute Gasteiger partial charge is 0.399 e. The van der Waals surface area contributed by atoms with E-state index in [4.69, 9.17) is 17.3 Å². The van der Waals surface area contributed by atoms with Crippen LogP contribution in [0, 0.1) is 17.8 Å². The Morgan fingerprint density at radius 1 is 0.958 bits per heavy atom. The van der Waals surface area contributed by atoms with Gasteiger partial charge in [-0.3, -0.25) is 0 Å². The molecule has 3 heteroatoms. The molecule has 4 fully saturated rings. The van der Waals surface area contributed by atoms with Crippen molar-refractivity contribution in [2.75, 3.05) is 11.1 Å². The van der Waals surface area contributed by atoms with E-state index in [1.807, 2.05) is 24.3 Å². The summed E-state index contributed by atoms with van der Waals surface area (Å²) in [5.74, 6) is 2.83. The van der Waals surface area contributed by atoms with Crippen LogP contribution in [0.2, 0.25) is 5.02 Å². The second-order valence-electron chi connectivity index (χ2n) is 8.14. The van der Waals surface area contributed by atoms with Gasteiger partial charge < -0.3 is 11.1 Å². The lowest BCUT2D eigenvalue weighted by atomic mass is 9.71. The molecule has 2 atom stereocenters. The van der Waals surface area contributed by atoms with Crippen LogP contribution in [-0.4, -0.2) is 0 Å². The summed E-state index contributed by atoms with van der Waals surface area (Å²) >= 11 is 6.64. The van der Waals surface area contributed by atoms with Crippen molar-refractivity contribution < 1.29 is 0 Å². The molecular formula is C21H23ClN2. The van der Waals surface area contributed by atoms with Crippen molar-refractivity contribution in [1.29, 1.82) is 0 Å². The Balaban J connectivity index is 1.44. The third-order valence-corrected chi connectivity index (χ3v) is 7.04. The van der Waals surface area contributed by atoms with E-state index in [1.165, 1.54) is 37.7 Å². The van der Waals surface area contributed by atoms with Crippen LogP contribution in [0.5, 0.6) is 0 Å². The van der Waals surface area contributed by atoms with Crippen molar-refractivity contribution in [2.45, 2.75) is 37.5 Å². The number of hydrogen-bond acceptors (Lipinski definition) is 2. The lowest BCUT2D eigenvalue weighted by Gasteiger charge is -2.34. The molecule has 0 aromatic heterocycles. The quantitative estimate of drug-likeness (QED) is 0.700. The van der Waals surface area contributed by atoms with Crippen LogP contribution in [0.25, 0.3) is 0 Å². The third-order valence-electron chi connectivity index (χ3n) is 6.72. The minimum absolute atomic E-state index is 0.428. The first-order valence-electron chi connectivity index (χ1n) is 9.05. The van der Waals surface area contributed by atoms with Gasteiger partial charge in [0.25, 0.3) is 0 Å². The van der Waals surface area contributed by atoms with Gasteiger partial charge in [-0.15, -0.1) is 0 Å². The van der Waals surface area contributed by atoms with Gasteiger partial charge in [0, 0.05) is 11.4 Å². The normalized spacial score (nSPS) is 33.1. The lowest BCUT2D eigenvalue weighted by molar-refractivity contribution is 0.266. The number of nitrogen functional groups attached to an aromatic ring is 1. The third kappa shape index (κ3) is 2.16. The molecule has 4 aliphatic rings. The molecule has 124 valence electrons. The number of halogens is 1. The fourth-order valence-electron chi connectivity index (χ4n) is 5.92. The molecule has 0 radical (unpaired) electrons. The molecule has 2 aromatic carbocycles. The fraction of sp³-hybridized carbons (Fsp3) is 0.429. The van der Waals surface area contributed by atoms with Gasteiger partial charge in [-0.05, 0) is 97.2 Å². The van der Waals surface area contributed by atoms with E-state index in [0.29, 0.717) is 5.41 Å². The van der Waals surface area contributed by atoms with Crippen molar-refractivity contribution in [2.24, 2.45) is 17.8 Å². The molecule has 24 heavy (non-hydrogen) atoms. The minimum Gasteiger partial charge on any atom is -0.399 e.